The van der Waals surface area contributed by atoms with E-state index in [0.29, 0.717) is 26.2 Å². The van der Waals surface area contributed by atoms with E-state index >= 15 is 0 Å². The Morgan fingerprint density at radius 2 is 2.00 bits per heavy atom. The number of piperazine rings is 1. The number of carbonyl (C=O) groups is 1. The van der Waals surface area contributed by atoms with Crippen LogP contribution in [0.15, 0.2) is 0 Å². The molecule has 1 saturated heterocycles. The smallest absolute Gasteiger partial charge is 0.422 e. The van der Waals surface area contributed by atoms with E-state index in [2.05, 4.69) is 14.6 Å². The van der Waals surface area contributed by atoms with E-state index in [9.17, 15) is 9.36 Å². The highest BCUT2D eigenvalue weighted by molar-refractivity contribution is 7.46. The van der Waals surface area contributed by atoms with Crippen LogP contribution in [0.4, 0.5) is 4.79 Å². The summed E-state index contributed by atoms with van der Waals surface area (Å²) in [6, 6.07) is 0. The molecule has 0 aromatic heterocycles. The second-order valence-electron chi connectivity index (χ2n) is 2.88. The van der Waals surface area contributed by atoms with E-state index in [4.69, 9.17) is 9.79 Å². The number of nitrogens with one attached hydrogen (secondary N) is 1. The van der Waals surface area contributed by atoms with Crippen LogP contribution in [0, 0.1) is 0 Å². The fourth-order valence-electron chi connectivity index (χ4n) is 1.08. The Morgan fingerprint density at radius 1 is 1.40 bits per heavy atom. The van der Waals surface area contributed by atoms with Gasteiger partial charge in [-0.3, -0.25) is 0 Å². The summed E-state index contributed by atoms with van der Waals surface area (Å²) in [5.41, 5.74) is 0. The highest BCUT2D eigenvalue weighted by Crippen LogP contribution is 2.35. The molecule has 0 atom stereocenters. The third kappa shape index (κ3) is 5.10. The maximum Gasteiger partial charge on any atom is 0.472 e. The molecule has 1 rings (SSSR count). The van der Waals surface area contributed by atoms with Gasteiger partial charge in [0, 0.05) is 26.2 Å². The molecule has 0 spiro atoms. The van der Waals surface area contributed by atoms with E-state index in [1.807, 2.05) is 0 Å². The molecule has 1 aliphatic rings. The van der Waals surface area contributed by atoms with Crippen LogP contribution in [-0.4, -0.2) is 53.8 Å². The summed E-state index contributed by atoms with van der Waals surface area (Å²) in [7, 11) is -4.57. The van der Waals surface area contributed by atoms with Gasteiger partial charge in [-0.1, -0.05) is 0 Å². The minimum absolute atomic E-state index is 0.509. The van der Waals surface area contributed by atoms with Gasteiger partial charge in [-0.25, -0.2) is 13.9 Å². The molecular formula is C6H13N2O6P. The van der Waals surface area contributed by atoms with Crippen molar-refractivity contribution in [3.63, 3.8) is 0 Å². The predicted molar refractivity (Wildman–Crippen MR) is 48.9 cm³/mol. The van der Waals surface area contributed by atoms with Crippen molar-refractivity contribution in [1.29, 1.82) is 0 Å². The lowest BCUT2D eigenvalue weighted by Crippen LogP contribution is -2.46. The van der Waals surface area contributed by atoms with Crippen LogP contribution in [0.5, 0.6) is 0 Å². The number of rotatable bonds is 3. The van der Waals surface area contributed by atoms with E-state index in [1.165, 1.54) is 4.90 Å². The van der Waals surface area contributed by atoms with Crippen LogP contribution in [0.2, 0.25) is 0 Å². The molecule has 0 saturated carbocycles. The van der Waals surface area contributed by atoms with Crippen molar-refractivity contribution in [2.45, 2.75) is 0 Å². The molecule has 1 heterocycles. The molecule has 88 valence electrons. The van der Waals surface area contributed by atoms with Gasteiger partial charge in [0.1, 0.15) is 0 Å². The molecule has 0 unspecified atom stereocenters. The standard InChI is InChI=1S/C6H13N2O6P/c9-6(8-3-1-7-2-4-8)13-5-14-15(10,11)12/h7H,1-5H2,(H2,10,11,12). The lowest BCUT2D eigenvalue weighted by molar-refractivity contribution is 0.0187. The van der Waals surface area contributed by atoms with Gasteiger partial charge in [0.05, 0.1) is 0 Å². The number of amides is 1. The fourth-order valence-corrected chi connectivity index (χ4v) is 1.27. The molecule has 8 nitrogen and oxygen atoms in total. The van der Waals surface area contributed by atoms with Gasteiger partial charge >= 0.3 is 13.9 Å². The lowest BCUT2D eigenvalue weighted by Gasteiger charge is -2.26. The Hall–Kier alpha value is -0.660. The van der Waals surface area contributed by atoms with Crippen molar-refractivity contribution in [2.75, 3.05) is 33.0 Å². The summed E-state index contributed by atoms with van der Waals surface area (Å²) in [5, 5.41) is 3.04. The number of phosphoric acid groups is 1. The summed E-state index contributed by atoms with van der Waals surface area (Å²) in [5.74, 6) is 0. The maximum absolute atomic E-state index is 11.2. The van der Waals surface area contributed by atoms with Crippen LogP contribution in [0.1, 0.15) is 0 Å². The monoisotopic (exact) mass is 240 g/mol. The third-order valence-corrected chi connectivity index (χ3v) is 2.22. The quantitative estimate of drug-likeness (QED) is 0.433. The molecule has 1 amide bonds. The van der Waals surface area contributed by atoms with Gasteiger partial charge in [-0.15, -0.1) is 0 Å². The average molecular weight is 240 g/mol. The number of ether oxygens (including phenoxy) is 1. The Kier molecular flexibility index (Phi) is 4.49. The highest BCUT2D eigenvalue weighted by Gasteiger charge is 2.19. The zero-order chi connectivity index (χ0) is 11.3. The summed E-state index contributed by atoms with van der Waals surface area (Å²) in [6.07, 6.45) is -0.634. The van der Waals surface area contributed by atoms with Gasteiger partial charge in [0.2, 0.25) is 6.79 Å². The van der Waals surface area contributed by atoms with Gasteiger partial charge in [-0.2, -0.15) is 0 Å². The van der Waals surface area contributed by atoms with E-state index < -0.39 is 20.7 Å². The number of hydrogen-bond acceptors (Lipinski definition) is 5. The summed E-state index contributed by atoms with van der Waals surface area (Å²) in [6.45, 7) is 1.62. The fraction of sp³-hybridized carbons (Fsp3) is 0.833. The first kappa shape index (κ1) is 12.4. The molecule has 1 aliphatic heterocycles. The van der Waals surface area contributed by atoms with Crippen molar-refractivity contribution >= 4 is 13.9 Å². The second kappa shape index (κ2) is 5.43. The summed E-state index contributed by atoms with van der Waals surface area (Å²) >= 11 is 0. The third-order valence-electron chi connectivity index (χ3n) is 1.78. The number of phosphoric ester groups is 1. The zero-order valence-electron chi connectivity index (χ0n) is 7.96. The minimum atomic E-state index is -4.57. The van der Waals surface area contributed by atoms with Crippen LogP contribution in [0.25, 0.3) is 0 Å². The first-order valence-electron chi connectivity index (χ1n) is 4.31. The van der Waals surface area contributed by atoms with Gasteiger partial charge in [0.15, 0.2) is 0 Å². The summed E-state index contributed by atoms with van der Waals surface area (Å²) in [4.78, 5) is 29.3. The molecule has 0 radical (unpaired) electrons. The first-order chi connectivity index (χ1) is 6.99. The topological polar surface area (TPSA) is 108 Å². The van der Waals surface area contributed by atoms with Crippen molar-refractivity contribution < 1.29 is 28.4 Å². The van der Waals surface area contributed by atoms with Gasteiger partial charge in [0.25, 0.3) is 0 Å². The Balaban J connectivity index is 2.20. The van der Waals surface area contributed by atoms with Crippen molar-refractivity contribution in [3.8, 4) is 0 Å². The van der Waals surface area contributed by atoms with Crippen LogP contribution in [0.3, 0.4) is 0 Å². The number of nitrogens with zero attached hydrogens (tertiary/aromatic N) is 1. The summed E-state index contributed by atoms with van der Waals surface area (Å²) < 4.78 is 18.7. The minimum Gasteiger partial charge on any atom is -0.422 e. The van der Waals surface area contributed by atoms with E-state index in [1.54, 1.807) is 0 Å². The molecule has 15 heavy (non-hydrogen) atoms. The van der Waals surface area contributed by atoms with E-state index in [0.717, 1.165) is 0 Å². The first-order valence-corrected chi connectivity index (χ1v) is 5.84. The van der Waals surface area contributed by atoms with Crippen molar-refractivity contribution in [3.05, 3.63) is 0 Å². The molecule has 9 heteroatoms. The number of hydrogen-bond donors (Lipinski definition) is 3. The molecule has 0 aliphatic carbocycles. The predicted octanol–water partition coefficient (Wildman–Crippen LogP) is -0.905. The van der Waals surface area contributed by atoms with Crippen LogP contribution in [-0.2, 0) is 13.8 Å². The molecule has 0 aromatic rings. The lowest BCUT2D eigenvalue weighted by atomic mass is 10.4. The van der Waals surface area contributed by atoms with Gasteiger partial charge < -0.3 is 24.7 Å². The van der Waals surface area contributed by atoms with E-state index in [-0.39, 0.29) is 0 Å². The zero-order valence-corrected chi connectivity index (χ0v) is 8.85. The van der Waals surface area contributed by atoms with Gasteiger partial charge in [-0.05, 0) is 0 Å². The van der Waals surface area contributed by atoms with Crippen LogP contribution < -0.4 is 5.32 Å². The average Bonchev–Trinajstić information content (AvgIpc) is 2.17. The molecule has 0 bridgehead atoms. The van der Waals surface area contributed by atoms with Crippen LogP contribution >= 0.6 is 7.82 Å². The maximum atomic E-state index is 11.2. The Labute approximate surface area is 86.4 Å². The molecule has 0 aromatic carbocycles. The highest BCUT2D eigenvalue weighted by atomic mass is 31.2. The number of carbonyl (C=O) groups excluding carboxylic acids is 1. The largest absolute Gasteiger partial charge is 0.472 e. The second-order valence-corrected chi connectivity index (χ2v) is 4.12. The molecular weight excluding hydrogens is 227 g/mol. The SMILES string of the molecule is O=C(OCOP(=O)(O)O)N1CCNCC1. The van der Waals surface area contributed by atoms with Crippen molar-refractivity contribution in [2.24, 2.45) is 0 Å². The Morgan fingerprint density at radius 3 is 2.53 bits per heavy atom. The van der Waals surface area contributed by atoms with Crippen molar-refractivity contribution in [1.82, 2.24) is 10.2 Å². The normalized spacial score (nSPS) is 17.6. The molecule has 3 N–H and O–H groups in total. The molecule has 1 fully saturated rings. The Bertz CT molecular complexity index is 260.